The van der Waals surface area contributed by atoms with Crippen LogP contribution in [0.3, 0.4) is 0 Å². The van der Waals surface area contributed by atoms with Gasteiger partial charge in [-0.05, 0) is 102 Å². The normalized spacial score (nSPS) is 11.9. The highest BCUT2D eigenvalue weighted by molar-refractivity contribution is 7.80. The summed E-state index contributed by atoms with van der Waals surface area (Å²) in [6, 6.07) is 13.4. The van der Waals surface area contributed by atoms with Crippen LogP contribution in [0, 0.1) is 27.7 Å². The van der Waals surface area contributed by atoms with E-state index in [-0.39, 0.29) is 0 Å². The highest BCUT2D eigenvalue weighted by atomic mass is 32.1. The summed E-state index contributed by atoms with van der Waals surface area (Å²) >= 11 is 5.25. The summed E-state index contributed by atoms with van der Waals surface area (Å²) in [4.78, 5) is 1.09. The van der Waals surface area contributed by atoms with E-state index in [1.165, 1.54) is 94.2 Å². The average Bonchev–Trinajstić information content (AvgIpc) is 3.27. The Bertz CT molecular complexity index is 1600. The van der Waals surface area contributed by atoms with Crippen LogP contribution in [0.5, 0.6) is 0 Å². The maximum absolute atomic E-state index is 5.25. The zero-order valence-electron chi connectivity index (χ0n) is 23.8. The van der Waals surface area contributed by atoms with Crippen molar-refractivity contribution >= 4 is 71.4 Å². The Hall–Kier alpha value is -2.77. The van der Waals surface area contributed by atoms with Gasteiger partial charge in [-0.3, -0.25) is 0 Å². The lowest BCUT2D eigenvalue weighted by molar-refractivity contribution is 1.24. The lowest BCUT2D eigenvalue weighted by atomic mass is 9.65. The Morgan fingerprint density at radius 3 is 1.97 bits per heavy atom. The van der Waals surface area contributed by atoms with Crippen LogP contribution >= 0.6 is 12.6 Å². The Balaban J connectivity index is 1.83. The predicted molar refractivity (Wildman–Crippen MR) is 179 cm³/mol. The number of rotatable bonds is 3. The van der Waals surface area contributed by atoms with E-state index >= 15 is 0 Å². The molecule has 0 fully saturated rings. The quantitative estimate of drug-likeness (QED) is 0.289. The number of hydrogen-bond donors (Lipinski definition) is 1. The molecule has 0 saturated carbocycles. The van der Waals surface area contributed by atoms with Crippen molar-refractivity contribution < 1.29 is 0 Å². The van der Waals surface area contributed by atoms with Gasteiger partial charge >= 0.3 is 0 Å². The lowest BCUT2D eigenvalue weighted by Crippen LogP contribution is -2.38. The largest absolute Gasteiger partial charge is 0.143 e. The van der Waals surface area contributed by atoms with Crippen LogP contribution in [0.4, 0.5) is 0 Å². The first-order valence-corrected chi connectivity index (χ1v) is 13.7. The van der Waals surface area contributed by atoms with Gasteiger partial charge in [-0.2, -0.15) is 0 Å². The van der Waals surface area contributed by atoms with Gasteiger partial charge in [0.25, 0.3) is 0 Å². The molecule has 5 heteroatoms. The van der Waals surface area contributed by atoms with Gasteiger partial charge in [-0.1, -0.05) is 81.5 Å². The average molecular weight is 494 g/mol. The van der Waals surface area contributed by atoms with E-state index in [2.05, 4.69) is 109 Å². The summed E-state index contributed by atoms with van der Waals surface area (Å²) in [7, 11) is 9.11. The van der Waals surface area contributed by atoms with E-state index in [0.29, 0.717) is 0 Å². The van der Waals surface area contributed by atoms with Crippen molar-refractivity contribution in [3.8, 4) is 33.4 Å². The molecule has 0 bridgehead atoms. The number of benzene rings is 4. The van der Waals surface area contributed by atoms with E-state index in [1.807, 2.05) is 0 Å². The van der Waals surface area contributed by atoms with Crippen molar-refractivity contribution in [1.29, 1.82) is 0 Å². The smallest absolute Gasteiger partial charge is 0.140 e. The van der Waals surface area contributed by atoms with Crippen molar-refractivity contribution in [3.05, 3.63) is 81.9 Å². The molecule has 0 nitrogen and oxygen atoms in total. The second-order valence-electron chi connectivity index (χ2n) is 11.1. The van der Waals surface area contributed by atoms with Crippen LogP contribution < -0.4 is 21.9 Å². The number of allylic oxidation sites excluding steroid dienone is 1. The fourth-order valence-corrected chi connectivity index (χ4v) is 6.96. The minimum Gasteiger partial charge on any atom is -0.143 e. The molecule has 5 rings (SSSR count). The Morgan fingerprint density at radius 2 is 1.30 bits per heavy atom. The summed E-state index contributed by atoms with van der Waals surface area (Å²) in [5.41, 5.74) is 24.1. The van der Waals surface area contributed by atoms with Gasteiger partial charge in [0.05, 0.1) is 0 Å². The predicted octanol–water partition coefficient (Wildman–Crippen LogP) is 2.18. The molecule has 0 aliphatic heterocycles. The van der Waals surface area contributed by atoms with E-state index in [1.54, 1.807) is 0 Å². The number of thiol groups is 1. The van der Waals surface area contributed by atoms with Crippen LogP contribution in [0.15, 0.2) is 47.9 Å². The second kappa shape index (κ2) is 9.21. The van der Waals surface area contributed by atoms with Gasteiger partial charge in [-0.25, -0.2) is 0 Å². The Morgan fingerprint density at radius 1 is 0.676 bits per heavy atom. The van der Waals surface area contributed by atoms with E-state index in [0.717, 1.165) is 16.9 Å². The first kappa shape index (κ1) is 25.9. The topological polar surface area (TPSA) is 0 Å². The first-order valence-electron chi connectivity index (χ1n) is 13.3. The number of fused-ring (bicyclic) bond motifs is 3. The second-order valence-corrected chi connectivity index (χ2v) is 11.5. The highest BCUT2D eigenvalue weighted by Crippen LogP contribution is 2.47. The molecule has 0 aromatic heterocycles. The van der Waals surface area contributed by atoms with E-state index in [4.69, 9.17) is 12.6 Å². The molecule has 0 spiro atoms. The van der Waals surface area contributed by atoms with Crippen molar-refractivity contribution in [3.63, 3.8) is 0 Å². The lowest BCUT2D eigenvalue weighted by Gasteiger charge is -2.27. The molecule has 0 saturated heterocycles. The van der Waals surface area contributed by atoms with Crippen LogP contribution in [0.2, 0.25) is 0 Å². The third-order valence-electron chi connectivity index (χ3n) is 9.23. The number of hydrogen-bond acceptors (Lipinski definition) is 1. The highest BCUT2D eigenvalue weighted by Gasteiger charge is 2.28. The van der Waals surface area contributed by atoms with Gasteiger partial charge in [0.1, 0.15) is 31.4 Å². The standard InChI is InChI=1S/C32H34B4S/c1-14(2)20-11-12-22(23-13-19-9-7-8-10-21(19)25(20)23)26-29(34)17(5)24(18(6)32(26)37)27-28(33)15(3)16(4)30(35)31(27)36/h7-12,37H,1,13,33-36H2,2-6H3. The molecule has 1 aliphatic rings. The van der Waals surface area contributed by atoms with Crippen molar-refractivity contribution in [2.24, 2.45) is 0 Å². The van der Waals surface area contributed by atoms with Gasteiger partial charge < -0.3 is 0 Å². The van der Waals surface area contributed by atoms with Gasteiger partial charge in [0.2, 0.25) is 0 Å². The third-order valence-corrected chi connectivity index (χ3v) is 9.78. The molecule has 0 radical (unpaired) electrons. The molecular formula is C32H34B4S. The van der Waals surface area contributed by atoms with Crippen LogP contribution in [0.25, 0.3) is 39.0 Å². The van der Waals surface area contributed by atoms with E-state index in [9.17, 15) is 0 Å². The van der Waals surface area contributed by atoms with Gasteiger partial charge in [0, 0.05) is 4.90 Å². The zero-order chi connectivity index (χ0) is 26.9. The monoisotopic (exact) mass is 494 g/mol. The molecular weight excluding hydrogens is 460 g/mol. The van der Waals surface area contributed by atoms with Crippen molar-refractivity contribution in [2.45, 2.75) is 45.9 Å². The minimum atomic E-state index is 0.947. The molecule has 1 aliphatic carbocycles. The molecule has 4 aromatic carbocycles. The van der Waals surface area contributed by atoms with Crippen molar-refractivity contribution in [2.75, 3.05) is 0 Å². The summed E-state index contributed by atoms with van der Waals surface area (Å²) in [6.07, 6.45) is 0.947. The summed E-state index contributed by atoms with van der Waals surface area (Å²) in [6.45, 7) is 15.5. The molecule has 0 heterocycles. The fraction of sp³-hybridized carbons (Fsp3) is 0.188. The Kier molecular flexibility index (Phi) is 6.44. The van der Waals surface area contributed by atoms with E-state index < -0.39 is 0 Å². The Labute approximate surface area is 232 Å². The summed E-state index contributed by atoms with van der Waals surface area (Å²) in [5, 5.41) is 0. The van der Waals surface area contributed by atoms with Gasteiger partial charge in [-0.15, -0.1) is 12.6 Å². The zero-order valence-corrected chi connectivity index (χ0v) is 24.7. The maximum Gasteiger partial charge on any atom is 0.140 e. The van der Waals surface area contributed by atoms with Crippen LogP contribution in [0.1, 0.15) is 45.9 Å². The van der Waals surface area contributed by atoms with Crippen LogP contribution in [-0.4, -0.2) is 31.4 Å². The SMILES string of the molecule is Bc1c(B)c(-c2c(C)c(B)c(-c3ccc(C(=C)C)c4c3Cc3ccccc3-4)c(S)c2C)c(B)c(C)c1C. The molecule has 0 N–H and O–H groups in total. The molecule has 180 valence electrons. The summed E-state index contributed by atoms with van der Waals surface area (Å²) < 4.78 is 0. The summed E-state index contributed by atoms with van der Waals surface area (Å²) in [5.74, 6) is 0. The minimum absolute atomic E-state index is 0.947. The fourth-order valence-electron chi connectivity index (χ4n) is 6.56. The molecule has 37 heavy (non-hydrogen) atoms. The van der Waals surface area contributed by atoms with Crippen molar-refractivity contribution in [1.82, 2.24) is 0 Å². The molecule has 0 unspecified atom stereocenters. The molecule has 0 atom stereocenters. The third kappa shape index (κ3) is 3.73. The molecule has 4 aromatic rings. The maximum atomic E-state index is 5.25. The first-order chi connectivity index (χ1) is 17.5. The van der Waals surface area contributed by atoms with Crippen LogP contribution in [-0.2, 0) is 6.42 Å². The molecule has 0 amide bonds. The van der Waals surface area contributed by atoms with Gasteiger partial charge in [0.15, 0.2) is 0 Å².